The molecule has 0 radical (unpaired) electrons. The molecule has 0 unspecified atom stereocenters. The van der Waals surface area contributed by atoms with Gasteiger partial charge < -0.3 is 30.1 Å². The summed E-state index contributed by atoms with van der Waals surface area (Å²) in [6, 6.07) is 12.3. The van der Waals surface area contributed by atoms with Gasteiger partial charge in [0, 0.05) is 30.2 Å². The summed E-state index contributed by atoms with van der Waals surface area (Å²) in [4.78, 5) is 40.0. The molecule has 1 saturated carbocycles. The van der Waals surface area contributed by atoms with Crippen LogP contribution in [0.2, 0.25) is 0 Å². The number of hydrogen-bond acceptors (Lipinski definition) is 6. The number of nitrogens with zero attached hydrogens (tertiary/aromatic N) is 1. The maximum Gasteiger partial charge on any atom is 0.307 e. The van der Waals surface area contributed by atoms with Gasteiger partial charge in [-0.1, -0.05) is 12.8 Å². The number of methoxy groups -OCH3 is 1. The molecule has 0 spiro atoms. The number of carboxylic acids is 1. The first-order valence-electron chi connectivity index (χ1n) is 11.9. The number of aliphatic carboxylic acids is 1. The van der Waals surface area contributed by atoms with Gasteiger partial charge in [0.05, 0.1) is 37.7 Å². The van der Waals surface area contributed by atoms with E-state index in [9.17, 15) is 19.5 Å². The van der Waals surface area contributed by atoms with Crippen LogP contribution in [0.4, 0.5) is 17.1 Å². The molecule has 4 rings (SSSR count). The van der Waals surface area contributed by atoms with E-state index in [4.69, 9.17) is 9.47 Å². The number of amides is 2. The molecule has 186 valence electrons. The summed E-state index contributed by atoms with van der Waals surface area (Å²) in [6.07, 6.45) is 2.68. The summed E-state index contributed by atoms with van der Waals surface area (Å²) >= 11 is 0. The van der Waals surface area contributed by atoms with E-state index < -0.39 is 17.8 Å². The fraction of sp³-hybridized carbons (Fsp3) is 0.423. The second-order valence-electron chi connectivity index (χ2n) is 8.84. The van der Waals surface area contributed by atoms with Crippen molar-refractivity contribution in [2.24, 2.45) is 11.8 Å². The van der Waals surface area contributed by atoms with Gasteiger partial charge >= 0.3 is 5.97 Å². The summed E-state index contributed by atoms with van der Waals surface area (Å²) in [5.41, 5.74) is 2.24. The largest absolute Gasteiger partial charge is 0.497 e. The van der Waals surface area contributed by atoms with E-state index >= 15 is 0 Å². The molecule has 1 aliphatic carbocycles. The van der Waals surface area contributed by atoms with Gasteiger partial charge in [0.25, 0.3) is 5.91 Å². The third-order valence-electron chi connectivity index (χ3n) is 6.63. The summed E-state index contributed by atoms with van der Waals surface area (Å²) in [7, 11) is 1.58. The van der Waals surface area contributed by atoms with Crippen LogP contribution in [0.15, 0.2) is 42.5 Å². The Bertz CT molecular complexity index is 1070. The zero-order valence-corrected chi connectivity index (χ0v) is 19.8. The number of carbonyl (C=O) groups is 3. The number of rotatable bonds is 7. The van der Waals surface area contributed by atoms with Crippen LogP contribution >= 0.6 is 0 Å². The molecule has 1 saturated heterocycles. The third-order valence-corrected chi connectivity index (χ3v) is 6.63. The molecule has 9 heteroatoms. The molecule has 1 heterocycles. The Hall–Kier alpha value is -3.59. The van der Waals surface area contributed by atoms with Gasteiger partial charge in [0.15, 0.2) is 0 Å². The number of carbonyl (C=O) groups excluding carboxylic acids is 2. The van der Waals surface area contributed by atoms with Crippen LogP contribution < -0.4 is 20.3 Å². The van der Waals surface area contributed by atoms with Crippen molar-refractivity contribution < 1.29 is 29.0 Å². The van der Waals surface area contributed by atoms with E-state index in [-0.39, 0.29) is 11.8 Å². The van der Waals surface area contributed by atoms with Gasteiger partial charge in [-0.05, 0) is 55.3 Å². The normalized spacial score (nSPS) is 20.1. The number of hydrogen-bond donors (Lipinski definition) is 3. The second kappa shape index (κ2) is 11.2. The van der Waals surface area contributed by atoms with Gasteiger partial charge in [-0.15, -0.1) is 0 Å². The van der Waals surface area contributed by atoms with Crippen LogP contribution in [-0.4, -0.2) is 56.3 Å². The zero-order valence-electron chi connectivity index (χ0n) is 19.8. The fourth-order valence-corrected chi connectivity index (χ4v) is 4.72. The molecular weight excluding hydrogens is 450 g/mol. The van der Waals surface area contributed by atoms with Crippen LogP contribution in [0.5, 0.6) is 5.75 Å². The minimum atomic E-state index is -0.938. The highest BCUT2D eigenvalue weighted by atomic mass is 16.5. The van der Waals surface area contributed by atoms with Gasteiger partial charge in [-0.2, -0.15) is 0 Å². The van der Waals surface area contributed by atoms with Crippen molar-refractivity contribution in [2.75, 3.05) is 48.9 Å². The lowest BCUT2D eigenvalue weighted by Gasteiger charge is -2.31. The van der Waals surface area contributed by atoms with Crippen molar-refractivity contribution in [3.63, 3.8) is 0 Å². The molecular formula is C26H31N3O6. The second-order valence-corrected chi connectivity index (χ2v) is 8.84. The molecule has 2 fully saturated rings. The Morgan fingerprint density at radius 2 is 1.60 bits per heavy atom. The minimum absolute atomic E-state index is 0.311. The maximum atomic E-state index is 13.3. The highest BCUT2D eigenvalue weighted by Gasteiger charge is 2.35. The molecule has 1 aliphatic heterocycles. The lowest BCUT2D eigenvalue weighted by molar-refractivity contribution is -0.147. The summed E-state index contributed by atoms with van der Waals surface area (Å²) < 4.78 is 10.6. The highest BCUT2D eigenvalue weighted by molar-refractivity contribution is 6.09. The first-order valence-corrected chi connectivity index (χ1v) is 11.9. The monoisotopic (exact) mass is 481 g/mol. The van der Waals surface area contributed by atoms with Crippen LogP contribution in [0, 0.1) is 11.8 Å². The Kier molecular flexibility index (Phi) is 7.87. The lowest BCUT2D eigenvalue weighted by Crippen LogP contribution is -2.37. The molecule has 9 nitrogen and oxygen atoms in total. The van der Waals surface area contributed by atoms with Gasteiger partial charge in [-0.25, -0.2) is 0 Å². The van der Waals surface area contributed by atoms with Crippen molar-refractivity contribution in [3.8, 4) is 5.75 Å². The molecule has 2 amide bonds. The Morgan fingerprint density at radius 3 is 2.26 bits per heavy atom. The topological polar surface area (TPSA) is 117 Å². The van der Waals surface area contributed by atoms with E-state index in [2.05, 4.69) is 15.5 Å². The Morgan fingerprint density at radius 1 is 0.943 bits per heavy atom. The SMILES string of the molecule is COc1ccc(NC(=O)c2cc(NC(=O)[C@@H]3CCCC[C@@H]3C(=O)O)ccc2N2CCOCC2)cc1. The minimum Gasteiger partial charge on any atom is -0.497 e. The highest BCUT2D eigenvalue weighted by Crippen LogP contribution is 2.32. The van der Waals surface area contributed by atoms with Crippen molar-refractivity contribution in [2.45, 2.75) is 25.7 Å². The van der Waals surface area contributed by atoms with E-state index in [0.29, 0.717) is 61.8 Å². The zero-order chi connectivity index (χ0) is 24.8. The first kappa shape index (κ1) is 24.5. The average Bonchev–Trinajstić information content (AvgIpc) is 2.89. The average molecular weight is 482 g/mol. The quantitative estimate of drug-likeness (QED) is 0.553. The number of carboxylic acid groups (broad SMARTS) is 1. The van der Waals surface area contributed by atoms with Gasteiger partial charge in [-0.3, -0.25) is 14.4 Å². The fourth-order valence-electron chi connectivity index (χ4n) is 4.72. The van der Waals surface area contributed by atoms with E-state index in [1.807, 2.05) is 6.07 Å². The predicted octanol–water partition coefficient (Wildman–Crippen LogP) is 3.61. The molecule has 35 heavy (non-hydrogen) atoms. The van der Waals surface area contributed by atoms with E-state index in [1.54, 1.807) is 43.5 Å². The molecule has 2 atom stereocenters. The molecule has 2 aliphatic rings. The van der Waals surface area contributed by atoms with Gasteiger partial charge in [0.1, 0.15) is 5.75 Å². The number of nitrogens with one attached hydrogen (secondary N) is 2. The smallest absolute Gasteiger partial charge is 0.307 e. The van der Waals surface area contributed by atoms with Crippen molar-refractivity contribution in [1.29, 1.82) is 0 Å². The number of ether oxygens (including phenoxy) is 2. The van der Waals surface area contributed by atoms with E-state index in [0.717, 1.165) is 18.5 Å². The van der Waals surface area contributed by atoms with E-state index in [1.165, 1.54) is 0 Å². The summed E-state index contributed by atoms with van der Waals surface area (Å²) in [6.45, 7) is 2.43. The third kappa shape index (κ3) is 5.92. The van der Waals surface area contributed by atoms with Crippen LogP contribution in [0.25, 0.3) is 0 Å². The number of morpholine rings is 1. The van der Waals surface area contributed by atoms with Gasteiger partial charge in [0.2, 0.25) is 5.91 Å². The standard InChI is InChI=1S/C26H31N3O6/c1-34-19-9-6-17(7-10-19)27-25(31)22-16-18(8-11-23(22)29-12-14-35-15-13-29)28-24(30)20-4-2-3-5-21(20)26(32)33/h6-11,16,20-21H,2-5,12-15H2,1H3,(H,27,31)(H,28,30)(H,32,33)/t20-,21+/m1/s1. The molecule has 0 aromatic heterocycles. The van der Waals surface area contributed by atoms with Crippen LogP contribution in [0.3, 0.4) is 0 Å². The summed E-state index contributed by atoms with van der Waals surface area (Å²) in [5.74, 6) is -2.16. The molecule has 3 N–H and O–H groups in total. The Balaban J connectivity index is 1.58. The lowest BCUT2D eigenvalue weighted by atomic mass is 9.78. The first-order chi connectivity index (χ1) is 17.0. The molecule has 0 bridgehead atoms. The predicted molar refractivity (Wildman–Crippen MR) is 132 cm³/mol. The summed E-state index contributed by atoms with van der Waals surface area (Å²) in [5, 5.41) is 15.3. The van der Waals surface area contributed by atoms with Crippen LogP contribution in [-0.2, 0) is 14.3 Å². The molecule has 2 aromatic carbocycles. The van der Waals surface area contributed by atoms with Crippen molar-refractivity contribution in [1.82, 2.24) is 0 Å². The van der Waals surface area contributed by atoms with Crippen LogP contribution in [0.1, 0.15) is 36.0 Å². The maximum absolute atomic E-state index is 13.3. The molecule has 2 aromatic rings. The van der Waals surface area contributed by atoms with Crippen molar-refractivity contribution >= 4 is 34.8 Å². The number of anilines is 3. The Labute approximate surface area is 204 Å². The van der Waals surface area contributed by atoms with Crippen molar-refractivity contribution in [3.05, 3.63) is 48.0 Å². The number of benzene rings is 2.